The Morgan fingerprint density at radius 2 is 1.74 bits per heavy atom. The molecule has 23 heavy (non-hydrogen) atoms. The summed E-state index contributed by atoms with van der Waals surface area (Å²) in [6, 6.07) is 4.03. The summed E-state index contributed by atoms with van der Waals surface area (Å²) in [5, 5.41) is 23.2. The van der Waals surface area contributed by atoms with Gasteiger partial charge < -0.3 is 5.11 Å². The molecule has 4 nitrogen and oxygen atoms in total. The van der Waals surface area contributed by atoms with Gasteiger partial charge in [0.25, 0.3) is 5.69 Å². The van der Waals surface area contributed by atoms with Gasteiger partial charge in [0.2, 0.25) is 0 Å². The summed E-state index contributed by atoms with van der Waals surface area (Å²) in [7, 11) is 0. The minimum absolute atomic E-state index is 0.497. The number of halogens is 5. The third kappa shape index (κ3) is 2.68. The van der Waals surface area contributed by atoms with E-state index in [1.54, 1.807) is 0 Å². The number of hydrogen-bond donors (Lipinski definition) is 1. The lowest BCUT2D eigenvalue weighted by Crippen LogP contribution is -2.55. The Balaban J connectivity index is 2.75. The molecule has 10 heteroatoms. The minimum atomic E-state index is -6.06. The summed E-state index contributed by atoms with van der Waals surface area (Å²) < 4.78 is 66.5. The molecule has 0 radical (unpaired) electrons. The van der Waals surface area contributed by atoms with Crippen molar-refractivity contribution in [2.45, 2.75) is 17.7 Å². The van der Waals surface area contributed by atoms with Gasteiger partial charge >= 0.3 is 12.1 Å². The van der Waals surface area contributed by atoms with E-state index in [0.29, 0.717) is 6.07 Å². The van der Waals surface area contributed by atoms with Crippen LogP contribution in [0.2, 0.25) is 0 Å². The highest BCUT2D eigenvalue weighted by Gasteiger charge is 2.71. The number of aliphatic hydroxyl groups is 1. The van der Waals surface area contributed by atoms with Gasteiger partial charge in [0.15, 0.2) is 5.60 Å². The molecule has 0 bridgehead atoms. The largest absolute Gasteiger partial charge is 0.457 e. The zero-order valence-electron chi connectivity index (χ0n) is 11.1. The zero-order valence-corrected chi connectivity index (χ0v) is 11.9. The SMILES string of the molecule is O=[N+]([O-])c1cccc(C(O)(c2ccsc2)C(F)(F)C(F)(F)F)c1. The van der Waals surface area contributed by atoms with Crippen molar-refractivity contribution in [1.29, 1.82) is 0 Å². The van der Waals surface area contributed by atoms with E-state index < -0.39 is 39.4 Å². The highest BCUT2D eigenvalue weighted by Crippen LogP contribution is 2.52. The lowest BCUT2D eigenvalue weighted by atomic mass is 9.81. The maximum atomic E-state index is 14.0. The first-order valence-corrected chi connectivity index (χ1v) is 6.90. The molecule has 1 atom stereocenters. The number of thiophene rings is 1. The van der Waals surface area contributed by atoms with Gasteiger partial charge in [-0.3, -0.25) is 10.1 Å². The molecular formula is C13H8F5NO3S. The number of rotatable bonds is 4. The number of hydrogen-bond acceptors (Lipinski definition) is 4. The Morgan fingerprint density at radius 1 is 1.09 bits per heavy atom. The predicted molar refractivity (Wildman–Crippen MR) is 71.4 cm³/mol. The fourth-order valence-corrected chi connectivity index (χ4v) is 2.75. The van der Waals surface area contributed by atoms with Gasteiger partial charge in [-0.25, -0.2) is 0 Å². The van der Waals surface area contributed by atoms with Gasteiger partial charge in [-0.05, 0) is 16.8 Å². The van der Waals surface area contributed by atoms with E-state index in [1.165, 1.54) is 5.38 Å². The van der Waals surface area contributed by atoms with Crippen LogP contribution in [0.25, 0.3) is 0 Å². The molecule has 0 aliphatic carbocycles. The van der Waals surface area contributed by atoms with E-state index in [9.17, 15) is 37.2 Å². The summed E-state index contributed by atoms with van der Waals surface area (Å²) in [4.78, 5) is 9.77. The van der Waals surface area contributed by atoms with E-state index >= 15 is 0 Å². The Labute approximate surface area is 129 Å². The highest BCUT2D eigenvalue weighted by atomic mass is 32.1. The van der Waals surface area contributed by atoms with E-state index in [0.717, 1.165) is 41.0 Å². The van der Waals surface area contributed by atoms with Crippen LogP contribution in [0.3, 0.4) is 0 Å². The first-order valence-electron chi connectivity index (χ1n) is 5.96. The first-order chi connectivity index (χ1) is 10.5. The van der Waals surface area contributed by atoms with Crippen LogP contribution in [-0.2, 0) is 5.60 Å². The second-order valence-electron chi connectivity index (χ2n) is 4.60. The standard InChI is InChI=1S/C13H8F5NO3S/c14-12(15,13(16,17)18)11(20,9-4-5-23-7-9)8-2-1-3-10(6-8)19(21)22/h1-7,20H. The van der Waals surface area contributed by atoms with Crippen LogP contribution in [-0.4, -0.2) is 22.1 Å². The smallest absolute Gasteiger partial charge is 0.374 e. The van der Waals surface area contributed by atoms with Crippen LogP contribution in [0.15, 0.2) is 41.1 Å². The van der Waals surface area contributed by atoms with Crippen LogP contribution < -0.4 is 0 Å². The number of alkyl halides is 5. The van der Waals surface area contributed by atoms with Crippen molar-refractivity contribution < 1.29 is 32.0 Å². The number of benzene rings is 1. The third-order valence-electron chi connectivity index (χ3n) is 3.22. The van der Waals surface area contributed by atoms with Gasteiger partial charge in [0.1, 0.15) is 0 Å². The summed E-state index contributed by atoms with van der Waals surface area (Å²) in [6.07, 6.45) is -6.06. The van der Waals surface area contributed by atoms with Crippen LogP contribution in [0.5, 0.6) is 0 Å². The number of non-ortho nitro benzene ring substituents is 1. The lowest BCUT2D eigenvalue weighted by Gasteiger charge is -2.36. The molecule has 0 saturated heterocycles. The maximum absolute atomic E-state index is 14.0. The maximum Gasteiger partial charge on any atom is 0.457 e. The molecule has 2 aromatic rings. The van der Waals surface area contributed by atoms with Crippen molar-refractivity contribution in [2.24, 2.45) is 0 Å². The second kappa shape index (κ2) is 5.53. The fraction of sp³-hybridized carbons (Fsp3) is 0.231. The topological polar surface area (TPSA) is 63.4 Å². The average molecular weight is 353 g/mol. The number of nitro benzene ring substituents is 1. The van der Waals surface area contributed by atoms with Gasteiger partial charge in [-0.2, -0.15) is 33.3 Å². The van der Waals surface area contributed by atoms with Gasteiger partial charge in [-0.15, -0.1) is 0 Å². The van der Waals surface area contributed by atoms with Crippen molar-refractivity contribution in [2.75, 3.05) is 0 Å². The normalized spacial score (nSPS) is 15.2. The predicted octanol–water partition coefficient (Wildman–Crippen LogP) is 4.09. The number of nitro groups is 1. The van der Waals surface area contributed by atoms with Crippen LogP contribution in [0, 0.1) is 10.1 Å². The number of nitrogens with zero attached hydrogens (tertiary/aromatic N) is 1. The molecule has 1 aromatic heterocycles. The molecule has 1 unspecified atom stereocenters. The average Bonchev–Trinajstić information content (AvgIpc) is 2.99. The summed E-state index contributed by atoms with van der Waals surface area (Å²) >= 11 is 0.804. The zero-order chi connectivity index (χ0) is 17.5. The summed E-state index contributed by atoms with van der Waals surface area (Å²) in [5.41, 5.74) is -6.12. The minimum Gasteiger partial charge on any atom is -0.374 e. The Kier molecular flexibility index (Phi) is 4.16. The Hall–Kier alpha value is -2.07. The van der Waals surface area contributed by atoms with E-state index in [1.807, 2.05) is 0 Å². The summed E-state index contributed by atoms with van der Waals surface area (Å²) in [5.74, 6) is -5.56. The molecule has 1 heterocycles. The van der Waals surface area contributed by atoms with E-state index in [4.69, 9.17) is 0 Å². The van der Waals surface area contributed by atoms with E-state index in [2.05, 4.69) is 0 Å². The second-order valence-corrected chi connectivity index (χ2v) is 5.38. The van der Waals surface area contributed by atoms with Crippen LogP contribution in [0.1, 0.15) is 11.1 Å². The van der Waals surface area contributed by atoms with Gasteiger partial charge in [0.05, 0.1) is 4.92 Å². The molecular weight excluding hydrogens is 345 g/mol. The van der Waals surface area contributed by atoms with Crippen molar-refractivity contribution in [3.05, 3.63) is 62.3 Å². The Morgan fingerprint density at radius 3 is 2.22 bits per heavy atom. The molecule has 0 aliphatic rings. The molecule has 0 amide bonds. The van der Waals surface area contributed by atoms with Crippen LogP contribution in [0.4, 0.5) is 27.6 Å². The van der Waals surface area contributed by atoms with Crippen molar-refractivity contribution >= 4 is 17.0 Å². The molecule has 124 valence electrons. The molecule has 1 aromatic carbocycles. The lowest BCUT2D eigenvalue weighted by molar-refractivity contribution is -0.385. The monoisotopic (exact) mass is 353 g/mol. The molecule has 1 N–H and O–H groups in total. The quantitative estimate of drug-likeness (QED) is 0.512. The Bertz CT molecular complexity index is 717. The van der Waals surface area contributed by atoms with Crippen LogP contribution >= 0.6 is 11.3 Å². The third-order valence-corrected chi connectivity index (χ3v) is 3.91. The first kappa shape index (κ1) is 17.3. The molecule has 0 fully saturated rings. The van der Waals surface area contributed by atoms with Crippen molar-refractivity contribution in [3.8, 4) is 0 Å². The van der Waals surface area contributed by atoms with Gasteiger partial charge in [-0.1, -0.05) is 12.1 Å². The van der Waals surface area contributed by atoms with Crippen molar-refractivity contribution in [3.63, 3.8) is 0 Å². The molecule has 0 saturated carbocycles. The van der Waals surface area contributed by atoms with Crippen molar-refractivity contribution in [1.82, 2.24) is 0 Å². The fourth-order valence-electron chi connectivity index (χ4n) is 2.05. The summed E-state index contributed by atoms with van der Waals surface area (Å²) in [6.45, 7) is 0. The highest BCUT2D eigenvalue weighted by molar-refractivity contribution is 7.08. The van der Waals surface area contributed by atoms with Gasteiger partial charge in [0, 0.05) is 23.3 Å². The molecule has 0 aliphatic heterocycles. The molecule has 0 spiro atoms. The van der Waals surface area contributed by atoms with E-state index in [-0.39, 0.29) is 0 Å². The molecule has 2 rings (SSSR count).